The number of hydrogen-bond donors (Lipinski definition) is 1. The highest BCUT2D eigenvalue weighted by molar-refractivity contribution is 5.91. The maximum absolute atomic E-state index is 12.2. The molecule has 0 saturated carbocycles. The van der Waals surface area contributed by atoms with E-state index in [0.717, 1.165) is 30.8 Å². The average Bonchev–Trinajstić information content (AvgIpc) is 2.57. The van der Waals surface area contributed by atoms with Crippen LogP contribution >= 0.6 is 0 Å². The predicted molar refractivity (Wildman–Crippen MR) is 92.1 cm³/mol. The lowest BCUT2D eigenvalue weighted by atomic mass is 10.1. The van der Waals surface area contributed by atoms with Crippen molar-refractivity contribution >= 4 is 17.5 Å². The Morgan fingerprint density at radius 3 is 2.67 bits per heavy atom. The molecule has 0 unspecified atom stereocenters. The van der Waals surface area contributed by atoms with Gasteiger partial charge in [0.15, 0.2) is 0 Å². The van der Waals surface area contributed by atoms with E-state index >= 15 is 0 Å². The summed E-state index contributed by atoms with van der Waals surface area (Å²) in [4.78, 5) is 25.9. The number of benzene rings is 1. The number of rotatable bonds is 8. The van der Waals surface area contributed by atoms with E-state index in [1.807, 2.05) is 24.0 Å². The van der Waals surface area contributed by atoms with Gasteiger partial charge in [-0.15, -0.1) is 0 Å². The minimum atomic E-state index is -0.0890. The van der Waals surface area contributed by atoms with E-state index in [4.69, 9.17) is 9.47 Å². The van der Waals surface area contributed by atoms with Gasteiger partial charge in [-0.05, 0) is 44.0 Å². The van der Waals surface area contributed by atoms with Crippen LogP contribution in [0.4, 0.5) is 5.69 Å². The number of amides is 2. The molecule has 6 heteroatoms. The Morgan fingerprint density at radius 1 is 1.25 bits per heavy atom. The molecule has 1 aliphatic heterocycles. The van der Waals surface area contributed by atoms with Gasteiger partial charge in [0, 0.05) is 38.2 Å². The largest absolute Gasteiger partial charge is 0.491 e. The zero-order valence-electron chi connectivity index (χ0n) is 14.4. The lowest BCUT2D eigenvalue weighted by Crippen LogP contribution is -2.43. The van der Waals surface area contributed by atoms with Crippen molar-refractivity contribution in [2.45, 2.75) is 38.6 Å². The molecule has 0 spiro atoms. The van der Waals surface area contributed by atoms with Gasteiger partial charge in [0.1, 0.15) is 12.4 Å². The Morgan fingerprint density at radius 2 is 2.00 bits per heavy atom. The molecule has 2 rings (SSSR count). The number of anilines is 1. The second kappa shape index (κ2) is 9.27. The molecule has 0 radical (unpaired) electrons. The molecule has 1 atom stereocenters. The molecule has 1 N–H and O–H groups in total. The summed E-state index contributed by atoms with van der Waals surface area (Å²) in [5, 5.41) is 2.86. The maximum atomic E-state index is 12.2. The lowest BCUT2D eigenvalue weighted by molar-refractivity contribution is -0.136. The van der Waals surface area contributed by atoms with Gasteiger partial charge >= 0.3 is 0 Å². The van der Waals surface area contributed by atoms with E-state index in [1.54, 1.807) is 19.2 Å². The van der Waals surface area contributed by atoms with Crippen molar-refractivity contribution in [1.82, 2.24) is 4.90 Å². The molecule has 0 aromatic heterocycles. The summed E-state index contributed by atoms with van der Waals surface area (Å²) in [7, 11) is 1.63. The number of hydrogen-bond acceptors (Lipinski definition) is 4. The fraction of sp³-hybridized carbons (Fsp3) is 0.556. The van der Waals surface area contributed by atoms with Crippen LogP contribution in [0.1, 0.15) is 32.6 Å². The second-order valence-corrected chi connectivity index (χ2v) is 6.01. The standard InChI is InChI=1S/C18H26N2O4/c1-14(20-10-4-3-5-18(20)22)13-17(21)19-15-6-8-16(9-7-15)24-12-11-23-2/h6-9,14H,3-5,10-13H2,1-2H3,(H,19,21)/t14-/m1/s1. The Bertz CT molecular complexity index is 544. The molecule has 1 aliphatic rings. The molecular formula is C18H26N2O4. The van der Waals surface area contributed by atoms with Crippen molar-refractivity contribution in [1.29, 1.82) is 0 Å². The van der Waals surface area contributed by atoms with Crippen LogP contribution in [0.2, 0.25) is 0 Å². The monoisotopic (exact) mass is 334 g/mol. The van der Waals surface area contributed by atoms with Crippen molar-refractivity contribution < 1.29 is 19.1 Å². The van der Waals surface area contributed by atoms with Crippen LogP contribution in [0.15, 0.2) is 24.3 Å². The minimum Gasteiger partial charge on any atom is -0.491 e. The van der Waals surface area contributed by atoms with Crippen LogP contribution in [-0.4, -0.2) is 49.6 Å². The van der Waals surface area contributed by atoms with Crippen LogP contribution in [0.3, 0.4) is 0 Å². The number of likely N-dealkylation sites (tertiary alicyclic amines) is 1. The highest BCUT2D eigenvalue weighted by atomic mass is 16.5. The van der Waals surface area contributed by atoms with Gasteiger partial charge in [-0.3, -0.25) is 9.59 Å². The normalized spacial score (nSPS) is 15.9. The average molecular weight is 334 g/mol. The molecular weight excluding hydrogens is 308 g/mol. The van der Waals surface area contributed by atoms with E-state index in [0.29, 0.717) is 26.1 Å². The lowest BCUT2D eigenvalue weighted by Gasteiger charge is -2.32. The fourth-order valence-electron chi connectivity index (χ4n) is 2.76. The first-order valence-electron chi connectivity index (χ1n) is 8.41. The van der Waals surface area contributed by atoms with Crippen LogP contribution in [0, 0.1) is 0 Å². The van der Waals surface area contributed by atoms with E-state index < -0.39 is 0 Å². The molecule has 1 fully saturated rings. The van der Waals surface area contributed by atoms with Gasteiger partial charge < -0.3 is 19.7 Å². The minimum absolute atomic E-state index is 0.0746. The number of carbonyl (C=O) groups excluding carboxylic acids is 2. The number of ether oxygens (including phenoxy) is 2. The van der Waals surface area contributed by atoms with Gasteiger partial charge in [-0.2, -0.15) is 0 Å². The summed E-state index contributed by atoms with van der Waals surface area (Å²) in [5.74, 6) is 0.797. The summed E-state index contributed by atoms with van der Waals surface area (Å²) in [6.45, 7) is 3.70. The van der Waals surface area contributed by atoms with Gasteiger partial charge in [0.05, 0.1) is 6.61 Å². The second-order valence-electron chi connectivity index (χ2n) is 6.01. The summed E-state index contributed by atoms with van der Waals surface area (Å²) in [6, 6.07) is 7.15. The molecule has 1 heterocycles. The predicted octanol–water partition coefficient (Wildman–Crippen LogP) is 2.44. The summed E-state index contributed by atoms with van der Waals surface area (Å²) in [5.41, 5.74) is 0.719. The Labute approximate surface area is 143 Å². The topological polar surface area (TPSA) is 67.9 Å². The van der Waals surface area contributed by atoms with Crippen molar-refractivity contribution in [3.8, 4) is 5.75 Å². The van der Waals surface area contributed by atoms with Gasteiger partial charge in [0.25, 0.3) is 0 Å². The van der Waals surface area contributed by atoms with Crippen molar-refractivity contribution in [2.24, 2.45) is 0 Å². The van der Waals surface area contributed by atoms with Gasteiger partial charge in [0.2, 0.25) is 11.8 Å². The SMILES string of the molecule is COCCOc1ccc(NC(=O)C[C@@H](C)N2CCCCC2=O)cc1. The zero-order chi connectivity index (χ0) is 17.4. The molecule has 1 aromatic carbocycles. The Balaban J connectivity index is 1.80. The first-order valence-corrected chi connectivity index (χ1v) is 8.41. The Hall–Kier alpha value is -2.08. The van der Waals surface area contributed by atoms with Crippen LogP contribution in [0.25, 0.3) is 0 Å². The van der Waals surface area contributed by atoms with Crippen molar-refractivity contribution in [3.05, 3.63) is 24.3 Å². The highest BCUT2D eigenvalue weighted by Crippen LogP contribution is 2.18. The first kappa shape index (κ1) is 18.3. The molecule has 2 amide bonds. The number of carbonyl (C=O) groups is 2. The molecule has 132 valence electrons. The summed E-state index contributed by atoms with van der Waals surface area (Å²) >= 11 is 0. The van der Waals surface area contributed by atoms with Crippen molar-refractivity contribution in [2.75, 3.05) is 32.2 Å². The number of nitrogens with one attached hydrogen (secondary N) is 1. The molecule has 1 saturated heterocycles. The molecule has 6 nitrogen and oxygen atoms in total. The van der Waals surface area contributed by atoms with E-state index in [9.17, 15) is 9.59 Å². The van der Waals surface area contributed by atoms with Gasteiger partial charge in [-0.25, -0.2) is 0 Å². The maximum Gasteiger partial charge on any atom is 0.226 e. The van der Waals surface area contributed by atoms with E-state index in [-0.39, 0.29) is 17.9 Å². The smallest absolute Gasteiger partial charge is 0.226 e. The Kier molecular flexibility index (Phi) is 7.06. The third kappa shape index (κ3) is 5.53. The summed E-state index contributed by atoms with van der Waals surface area (Å²) in [6.07, 6.45) is 2.86. The molecule has 24 heavy (non-hydrogen) atoms. The number of methoxy groups -OCH3 is 1. The summed E-state index contributed by atoms with van der Waals surface area (Å²) < 4.78 is 10.4. The van der Waals surface area contributed by atoms with Crippen molar-refractivity contribution in [3.63, 3.8) is 0 Å². The highest BCUT2D eigenvalue weighted by Gasteiger charge is 2.24. The zero-order valence-corrected chi connectivity index (χ0v) is 14.4. The quantitative estimate of drug-likeness (QED) is 0.742. The van der Waals surface area contributed by atoms with E-state index in [2.05, 4.69) is 5.32 Å². The van der Waals surface area contributed by atoms with Crippen LogP contribution in [-0.2, 0) is 14.3 Å². The molecule has 1 aromatic rings. The molecule has 0 aliphatic carbocycles. The third-order valence-electron chi connectivity index (χ3n) is 4.07. The first-order chi connectivity index (χ1) is 11.6. The van der Waals surface area contributed by atoms with E-state index in [1.165, 1.54) is 0 Å². The van der Waals surface area contributed by atoms with Crippen LogP contribution in [0.5, 0.6) is 5.75 Å². The number of nitrogens with zero attached hydrogens (tertiary/aromatic N) is 1. The van der Waals surface area contributed by atoms with Gasteiger partial charge in [-0.1, -0.05) is 0 Å². The molecule has 0 bridgehead atoms. The fourth-order valence-corrected chi connectivity index (χ4v) is 2.76. The van der Waals surface area contributed by atoms with Crippen LogP contribution < -0.4 is 10.1 Å². The number of piperidine rings is 1. The third-order valence-corrected chi connectivity index (χ3v) is 4.07.